The molecule has 0 atom stereocenters. The number of nitrogens with zero attached hydrogens (tertiary/aromatic N) is 3. The van der Waals surface area contributed by atoms with Crippen LogP contribution in [-0.2, 0) is 10.0 Å². The lowest BCUT2D eigenvalue weighted by atomic mass is 10.2. The second kappa shape index (κ2) is 8.34. The van der Waals surface area contributed by atoms with Crippen molar-refractivity contribution in [2.45, 2.75) is 11.8 Å². The molecule has 0 N–H and O–H groups in total. The summed E-state index contributed by atoms with van der Waals surface area (Å²) in [6, 6.07) is 18.4. The molecule has 0 saturated carbocycles. The van der Waals surface area contributed by atoms with Gasteiger partial charge in [0.05, 0.1) is 26.0 Å². The molecule has 31 heavy (non-hydrogen) atoms. The highest BCUT2D eigenvalue weighted by molar-refractivity contribution is 7.92. The number of hydrogen-bond acceptors (Lipinski definition) is 5. The van der Waals surface area contributed by atoms with Gasteiger partial charge in [0.2, 0.25) is 5.82 Å². The minimum atomic E-state index is -3.90. The minimum absolute atomic E-state index is 0.0234. The van der Waals surface area contributed by atoms with E-state index in [2.05, 4.69) is 9.97 Å². The van der Waals surface area contributed by atoms with E-state index in [-0.39, 0.29) is 16.6 Å². The van der Waals surface area contributed by atoms with Gasteiger partial charge in [0.25, 0.3) is 15.9 Å². The van der Waals surface area contributed by atoms with Crippen molar-refractivity contribution in [3.8, 4) is 11.6 Å². The monoisotopic (exact) mass is 473 g/mol. The molecule has 0 aliphatic heterocycles. The van der Waals surface area contributed by atoms with E-state index in [0.29, 0.717) is 26.8 Å². The molecule has 4 aromatic rings. The molecule has 0 saturated heterocycles. The van der Waals surface area contributed by atoms with Gasteiger partial charge in [-0.25, -0.2) is 22.7 Å². The molecule has 0 bridgehead atoms. The maximum atomic E-state index is 13.2. The number of fused-ring (bicyclic) bond motifs is 1. The molecular formula is C22H17Cl2N3O3S. The van der Waals surface area contributed by atoms with Gasteiger partial charge in [0.1, 0.15) is 5.75 Å². The predicted octanol–water partition coefficient (Wildman–Crippen LogP) is 5.86. The highest BCUT2D eigenvalue weighted by atomic mass is 35.5. The second-order valence-corrected chi connectivity index (χ2v) is 9.59. The van der Waals surface area contributed by atoms with Crippen molar-refractivity contribution in [2.75, 3.05) is 11.4 Å². The molecule has 4 rings (SSSR count). The number of benzene rings is 3. The average Bonchev–Trinajstić information content (AvgIpc) is 2.75. The number of para-hydroxylation sites is 2. The molecule has 1 aromatic heterocycles. The molecule has 0 unspecified atom stereocenters. The van der Waals surface area contributed by atoms with Crippen LogP contribution in [0, 0.1) is 6.92 Å². The van der Waals surface area contributed by atoms with Crippen LogP contribution in [-0.4, -0.2) is 25.4 Å². The number of anilines is 1. The number of ether oxygens (including phenoxy) is 1. The summed E-state index contributed by atoms with van der Waals surface area (Å²) in [4.78, 5) is 9.15. The Morgan fingerprint density at radius 2 is 1.52 bits per heavy atom. The third-order valence-corrected chi connectivity index (χ3v) is 7.11. The number of aryl methyl sites for hydroxylation is 1. The number of aromatic nitrogens is 2. The Bertz CT molecular complexity index is 1380. The first kappa shape index (κ1) is 21.4. The highest BCUT2D eigenvalue weighted by Crippen LogP contribution is 2.35. The maximum absolute atomic E-state index is 13.2. The van der Waals surface area contributed by atoms with E-state index in [1.807, 2.05) is 13.0 Å². The number of halogens is 2. The molecule has 0 aliphatic rings. The fourth-order valence-corrected chi connectivity index (χ4v) is 4.31. The smallest absolute Gasteiger partial charge is 0.265 e. The molecule has 0 radical (unpaired) electrons. The van der Waals surface area contributed by atoms with Crippen molar-refractivity contribution in [1.29, 1.82) is 0 Å². The van der Waals surface area contributed by atoms with Gasteiger partial charge in [-0.05, 0) is 43.3 Å². The van der Waals surface area contributed by atoms with Gasteiger partial charge in [-0.3, -0.25) is 0 Å². The summed E-state index contributed by atoms with van der Waals surface area (Å²) < 4.78 is 33.5. The van der Waals surface area contributed by atoms with Gasteiger partial charge in [0, 0.05) is 13.1 Å². The summed E-state index contributed by atoms with van der Waals surface area (Å²) in [6.45, 7) is 1.89. The molecule has 158 valence electrons. The van der Waals surface area contributed by atoms with E-state index in [1.165, 1.54) is 13.1 Å². The van der Waals surface area contributed by atoms with E-state index in [9.17, 15) is 8.42 Å². The fourth-order valence-electron chi connectivity index (χ4n) is 2.88. The molecular weight excluding hydrogens is 457 g/mol. The SMILES string of the molecule is Cc1ccc(S(=O)(=O)N(C)c2nc3ccccc3nc2Oc2ccc(Cl)c(Cl)c2)cc1. The second-order valence-electron chi connectivity index (χ2n) is 6.80. The van der Waals surface area contributed by atoms with Crippen LogP contribution in [0.3, 0.4) is 0 Å². The van der Waals surface area contributed by atoms with Gasteiger partial charge < -0.3 is 4.74 Å². The Balaban J connectivity index is 1.84. The molecule has 0 fully saturated rings. The van der Waals surface area contributed by atoms with Gasteiger partial charge >= 0.3 is 0 Å². The van der Waals surface area contributed by atoms with Crippen LogP contribution >= 0.6 is 23.2 Å². The van der Waals surface area contributed by atoms with E-state index >= 15 is 0 Å². The van der Waals surface area contributed by atoms with Crippen molar-refractivity contribution in [3.63, 3.8) is 0 Å². The maximum Gasteiger partial charge on any atom is 0.265 e. The Morgan fingerprint density at radius 1 is 0.871 bits per heavy atom. The zero-order valence-electron chi connectivity index (χ0n) is 16.6. The van der Waals surface area contributed by atoms with Crippen LogP contribution in [0.25, 0.3) is 11.0 Å². The Morgan fingerprint density at radius 3 is 2.16 bits per heavy atom. The van der Waals surface area contributed by atoms with Crippen LogP contribution in [0.4, 0.5) is 5.82 Å². The van der Waals surface area contributed by atoms with Crippen LogP contribution in [0.15, 0.2) is 71.6 Å². The van der Waals surface area contributed by atoms with Gasteiger partial charge in [-0.15, -0.1) is 0 Å². The Kier molecular flexibility index (Phi) is 5.75. The lowest BCUT2D eigenvalue weighted by molar-refractivity contribution is 0.464. The third kappa shape index (κ3) is 4.30. The third-order valence-electron chi connectivity index (χ3n) is 4.60. The van der Waals surface area contributed by atoms with Crippen LogP contribution < -0.4 is 9.04 Å². The van der Waals surface area contributed by atoms with Crippen molar-refractivity contribution in [2.24, 2.45) is 0 Å². The molecule has 6 nitrogen and oxygen atoms in total. The quantitative estimate of drug-likeness (QED) is 0.362. The van der Waals surface area contributed by atoms with Crippen LogP contribution in [0.2, 0.25) is 10.0 Å². The molecule has 9 heteroatoms. The number of rotatable bonds is 5. The van der Waals surface area contributed by atoms with Crippen molar-refractivity contribution in [1.82, 2.24) is 9.97 Å². The first-order chi connectivity index (χ1) is 14.8. The molecule has 0 aliphatic carbocycles. The number of sulfonamides is 1. The summed E-state index contributed by atoms with van der Waals surface area (Å²) in [5.41, 5.74) is 2.04. The van der Waals surface area contributed by atoms with Gasteiger partial charge in [0.15, 0.2) is 0 Å². The predicted molar refractivity (Wildman–Crippen MR) is 123 cm³/mol. The van der Waals surface area contributed by atoms with Crippen molar-refractivity contribution >= 4 is 50.1 Å². The summed E-state index contributed by atoms with van der Waals surface area (Å²) in [6.07, 6.45) is 0. The minimum Gasteiger partial charge on any atom is -0.436 e. The van der Waals surface area contributed by atoms with Crippen LogP contribution in [0.5, 0.6) is 11.6 Å². The van der Waals surface area contributed by atoms with Gasteiger partial charge in [-0.1, -0.05) is 53.0 Å². The molecule has 3 aromatic carbocycles. The fraction of sp³-hybridized carbons (Fsp3) is 0.0909. The lowest BCUT2D eigenvalue weighted by Gasteiger charge is -2.21. The van der Waals surface area contributed by atoms with E-state index in [1.54, 1.807) is 54.6 Å². The zero-order valence-corrected chi connectivity index (χ0v) is 18.9. The Hall–Kier alpha value is -2.87. The standard InChI is InChI=1S/C22H17Cl2N3O3S/c1-14-7-10-16(11-8-14)31(28,29)27(2)21-22(26-20-6-4-3-5-19(20)25-21)30-15-9-12-17(23)18(24)13-15/h3-13H,1-2H3. The molecule has 0 spiro atoms. The first-order valence-electron chi connectivity index (χ1n) is 9.21. The summed E-state index contributed by atoms with van der Waals surface area (Å²) in [5, 5.41) is 0.674. The van der Waals surface area contributed by atoms with E-state index in [0.717, 1.165) is 9.87 Å². The molecule has 0 amide bonds. The first-order valence-corrected chi connectivity index (χ1v) is 11.4. The van der Waals surface area contributed by atoms with Crippen molar-refractivity contribution in [3.05, 3.63) is 82.3 Å². The lowest BCUT2D eigenvalue weighted by Crippen LogP contribution is -2.28. The largest absolute Gasteiger partial charge is 0.436 e. The number of hydrogen-bond donors (Lipinski definition) is 0. The zero-order chi connectivity index (χ0) is 22.2. The van der Waals surface area contributed by atoms with E-state index in [4.69, 9.17) is 27.9 Å². The van der Waals surface area contributed by atoms with Gasteiger partial charge in [-0.2, -0.15) is 0 Å². The molecule has 1 heterocycles. The van der Waals surface area contributed by atoms with Crippen LogP contribution in [0.1, 0.15) is 5.56 Å². The summed E-state index contributed by atoms with van der Waals surface area (Å²) >= 11 is 12.1. The normalized spacial score (nSPS) is 11.5. The average molecular weight is 474 g/mol. The topological polar surface area (TPSA) is 72.4 Å². The van der Waals surface area contributed by atoms with Crippen molar-refractivity contribution < 1.29 is 13.2 Å². The Labute approximate surface area is 190 Å². The summed E-state index contributed by atoms with van der Waals surface area (Å²) in [7, 11) is -2.49. The van der Waals surface area contributed by atoms with E-state index < -0.39 is 10.0 Å². The summed E-state index contributed by atoms with van der Waals surface area (Å²) in [5.74, 6) is 0.419. The highest BCUT2D eigenvalue weighted by Gasteiger charge is 2.27.